The number of hydrogen-bond donors (Lipinski definition) is 1. The van der Waals surface area contributed by atoms with Crippen LogP contribution in [0.4, 0.5) is 0 Å². The van der Waals surface area contributed by atoms with E-state index in [1.54, 1.807) is 18.5 Å². The molecule has 0 spiro atoms. The normalized spacial score (nSPS) is 21.0. The molecule has 2 heterocycles. The third kappa shape index (κ3) is 2.86. The Balaban J connectivity index is 2.03. The number of piperazine rings is 1. The summed E-state index contributed by atoms with van der Waals surface area (Å²) in [4.78, 5) is 20.5. The van der Waals surface area contributed by atoms with Gasteiger partial charge in [-0.05, 0) is 26.2 Å². The highest BCUT2D eigenvalue weighted by Crippen LogP contribution is 2.11. The van der Waals surface area contributed by atoms with Crippen LogP contribution in [0.1, 0.15) is 10.4 Å². The van der Waals surface area contributed by atoms with Crippen LogP contribution in [0.5, 0.6) is 0 Å². The van der Waals surface area contributed by atoms with Crippen molar-refractivity contribution in [2.45, 2.75) is 6.04 Å². The number of carbonyl (C=O) groups is 1. The Morgan fingerprint density at radius 2 is 2.39 bits per heavy atom. The van der Waals surface area contributed by atoms with Gasteiger partial charge in [0.1, 0.15) is 0 Å². The molecular formula is C13H20N4O. The van der Waals surface area contributed by atoms with Crippen LogP contribution in [0.15, 0.2) is 24.5 Å². The number of pyridine rings is 1. The number of rotatable bonds is 3. The lowest BCUT2D eigenvalue weighted by Gasteiger charge is -2.39. The van der Waals surface area contributed by atoms with E-state index in [0.717, 1.165) is 26.2 Å². The Labute approximate surface area is 108 Å². The molecule has 0 bridgehead atoms. The Morgan fingerprint density at radius 3 is 3.06 bits per heavy atom. The van der Waals surface area contributed by atoms with Crippen LogP contribution in [0.2, 0.25) is 0 Å². The molecule has 1 saturated heterocycles. The molecule has 1 fully saturated rings. The molecule has 0 radical (unpaired) electrons. The molecule has 1 N–H and O–H groups in total. The number of amides is 1. The van der Waals surface area contributed by atoms with Crippen molar-refractivity contribution in [2.24, 2.45) is 0 Å². The summed E-state index contributed by atoms with van der Waals surface area (Å²) in [6.07, 6.45) is 3.32. The SMILES string of the molecule is CNCC1CN(C(=O)c2cccnc2)CCN1C. The highest BCUT2D eigenvalue weighted by molar-refractivity contribution is 5.93. The maximum atomic E-state index is 12.3. The van der Waals surface area contributed by atoms with Crippen LogP contribution in [0.3, 0.4) is 0 Å². The molecule has 98 valence electrons. The van der Waals surface area contributed by atoms with Crippen LogP contribution >= 0.6 is 0 Å². The fraction of sp³-hybridized carbons (Fsp3) is 0.538. The number of nitrogens with one attached hydrogen (secondary N) is 1. The van der Waals surface area contributed by atoms with E-state index < -0.39 is 0 Å². The molecule has 1 unspecified atom stereocenters. The molecule has 5 nitrogen and oxygen atoms in total. The minimum absolute atomic E-state index is 0.0808. The second-order valence-electron chi connectivity index (χ2n) is 4.68. The van der Waals surface area contributed by atoms with E-state index in [0.29, 0.717) is 11.6 Å². The van der Waals surface area contributed by atoms with Crippen LogP contribution in [0.25, 0.3) is 0 Å². The third-order valence-electron chi connectivity index (χ3n) is 3.41. The first-order valence-electron chi connectivity index (χ1n) is 6.26. The van der Waals surface area contributed by atoms with Gasteiger partial charge in [-0.25, -0.2) is 0 Å². The average molecular weight is 248 g/mol. The van der Waals surface area contributed by atoms with Crippen LogP contribution < -0.4 is 5.32 Å². The number of hydrogen-bond acceptors (Lipinski definition) is 4. The standard InChI is InChI=1S/C13H20N4O/c1-14-9-12-10-17(7-6-16(12)2)13(18)11-4-3-5-15-8-11/h3-5,8,12,14H,6-7,9-10H2,1-2H3. The summed E-state index contributed by atoms with van der Waals surface area (Å²) in [6, 6.07) is 4.00. The molecule has 0 aliphatic carbocycles. The van der Waals surface area contributed by atoms with E-state index in [1.165, 1.54) is 0 Å². The van der Waals surface area contributed by atoms with E-state index in [9.17, 15) is 4.79 Å². The first-order valence-corrected chi connectivity index (χ1v) is 6.26. The summed E-state index contributed by atoms with van der Waals surface area (Å²) in [6.45, 7) is 3.36. The Hall–Kier alpha value is -1.46. The predicted molar refractivity (Wildman–Crippen MR) is 70.5 cm³/mol. The molecule has 1 atom stereocenters. The number of nitrogens with zero attached hydrogens (tertiary/aromatic N) is 3. The lowest BCUT2D eigenvalue weighted by atomic mass is 10.1. The zero-order valence-corrected chi connectivity index (χ0v) is 11.0. The largest absolute Gasteiger partial charge is 0.336 e. The first-order chi connectivity index (χ1) is 8.72. The second kappa shape index (κ2) is 5.93. The van der Waals surface area contributed by atoms with Crippen molar-refractivity contribution in [2.75, 3.05) is 40.3 Å². The smallest absolute Gasteiger partial charge is 0.255 e. The molecule has 1 aromatic rings. The Morgan fingerprint density at radius 1 is 1.56 bits per heavy atom. The molecule has 18 heavy (non-hydrogen) atoms. The van der Waals surface area contributed by atoms with Crippen LogP contribution in [-0.2, 0) is 0 Å². The Kier molecular flexibility index (Phi) is 4.28. The molecule has 1 aliphatic heterocycles. The summed E-state index contributed by atoms with van der Waals surface area (Å²) in [5.74, 6) is 0.0808. The van der Waals surface area contributed by atoms with Crippen molar-refractivity contribution in [3.8, 4) is 0 Å². The van der Waals surface area contributed by atoms with Gasteiger partial charge in [0.15, 0.2) is 0 Å². The van der Waals surface area contributed by atoms with Gasteiger partial charge in [0.25, 0.3) is 5.91 Å². The van der Waals surface area contributed by atoms with Gasteiger partial charge >= 0.3 is 0 Å². The topological polar surface area (TPSA) is 48.5 Å². The molecule has 1 amide bonds. The van der Waals surface area contributed by atoms with Crippen LogP contribution in [0, 0.1) is 0 Å². The van der Waals surface area contributed by atoms with Gasteiger partial charge < -0.3 is 10.2 Å². The molecule has 1 aliphatic rings. The van der Waals surface area contributed by atoms with Crippen molar-refractivity contribution in [1.82, 2.24) is 20.1 Å². The molecule has 0 saturated carbocycles. The lowest BCUT2D eigenvalue weighted by Crippen LogP contribution is -2.56. The van der Waals surface area contributed by atoms with Gasteiger partial charge in [0, 0.05) is 44.6 Å². The molecule has 1 aromatic heterocycles. The minimum atomic E-state index is 0.0808. The summed E-state index contributed by atoms with van der Waals surface area (Å²) in [7, 11) is 4.05. The molecule has 5 heteroatoms. The Bertz CT molecular complexity index is 395. The van der Waals surface area contributed by atoms with Crippen molar-refractivity contribution < 1.29 is 4.79 Å². The first kappa shape index (κ1) is 13.0. The molecule has 2 rings (SSSR count). The maximum absolute atomic E-state index is 12.3. The average Bonchev–Trinajstić information content (AvgIpc) is 2.42. The summed E-state index contributed by atoms with van der Waals surface area (Å²) in [5, 5.41) is 3.18. The van der Waals surface area contributed by atoms with Crippen molar-refractivity contribution in [3.63, 3.8) is 0 Å². The van der Waals surface area contributed by atoms with Crippen molar-refractivity contribution in [3.05, 3.63) is 30.1 Å². The summed E-state index contributed by atoms with van der Waals surface area (Å²) >= 11 is 0. The van der Waals surface area contributed by atoms with E-state index in [-0.39, 0.29) is 5.91 Å². The maximum Gasteiger partial charge on any atom is 0.255 e. The van der Waals surface area contributed by atoms with Gasteiger partial charge in [-0.2, -0.15) is 0 Å². The van der Waals surface area contributed by atoms with Gasteiger partial charge in [-0.1, -0.05) is 0 Å². The van der Waals surface area contributed by atoms with E-state index in [4.69, 9.17) is 0 Å². The van der Waals surface area contributed by atoms with Gasteiger partial charge in [-0.15, -0.1) is 0 Å². The second-order valence-corrected chi connectivity index (χ2v) is 4.68. The fourth-order valence-electron chi connectivity index (χ4n) is 2.26. The fourth-order valence-corrected chi connectivity index (χ4v) is 2.26. The number of aromatic nitrogens is 1. The third-order valence-corrected chi connectivity index (χ3v) is 3.41. The quantitative estimate of drug-likeness (QED) is 0.821. The van der Waals surface area contributed by atoms with E-state index >= 15 is 0 Å². The zero-order chi connectivity index (χ0) is 13.0. The van der Waals surface area contributed by atoms with E-state index in [1.807, 2.05) is 18.0 Å². The number of likely N-dealkylation sites (N-methyl/N-ethyl adjacent to an activating group) is 2. The monoisotopic (exact) mass is 248 g/mol. The van der Waals surface area contributed by atoms with Gasteiger partial charge in [0.05, 0.1) is 5.56 Å². The summed E-state index contributed by atoms with van der Waals surface area (Å²) < 4.78 is 0. The van der Waals surface area contributed by atoms with Crippen molar-refractivity contribution in [1.29, 1.82) is 0 Å². The molecule has 0 aromatic carbocycles. The zero-order valence-electron chi connectivity index (χ0n) is 11.0. The summed E-state index contributed by atoms with van der Waals surface area (Å²) in [5.41, 5.74) is 0.672. The van der Waals surface area contributed by atoms with Crippen molar-refractivity contribution >= 4 is 5.91 Å². The number of carbonyl (C=O) groups excluding carboxylic acids is 1. The van der Waals surface area contributed by atoms with Crippen LogP contribution in [-0.4, -0.2) is 67.0 Å². The van der Waals surface area contributed by atoms with E-state index in [2.05, 4.69) is 22.2 Å². The highest BCUT2D eigenvalue weighted by atomic mass is 16.2. The van der Waals surface area contributed by atoms with Gasteiger partial charge in [0.2, 0.25) is 0 Å². The lowest BCUT2D eigenvalue weighted by molar-refractivity contribution is 0.0549. The van der Waals surface area contributed by atoms with Gasteiger partial charge in [-0.3, -0.25) is 14.7 Å². The molecular weight excluding hydrogens is 228 g/mol. The highest BCUT2D eigenvalue weighted by Gasteiger charge is 2.27. The predicted octanol–water partition coefficient (Wildman–Crippen LogP) is 0.0572. The minimum Gasteiger partial charge on any atom is -0.336 e.